The van der Waals surface area contributed by atoms with E-state index in [4.69, 9.17) is 9.47 Å². The number of hydrogen-bond acceptors (Lipinski definition) is 4. The van der Waals surface area contributed by atoms with Gasteiger partial charge >= 0.3 is 0 Å². The summed E-state index contributed by atoms with van der Waals surface area (Å²) in [4.78, 5) is 15.9. The maximum Gasteiger partial charge on any atom is 0.255 e. The van der Waals surface area contributed by atoms with Crippen LogP contribution in [0.1, 0.15) is 30.1 Å². The molecule has 5 rings (SSSR count). The van der Waals surface area contributed by atoms with Crippen molar-refractivity contribution in [1.29, 1.82) is 0 Å². The van der Waals surface area contributed by atoms with Crippen molar-refractivity contribution in [3.8, 4) is 5.75 Å². The minimum Gasteiger partial charge on any atom is -0.489 e. The van der Waals surface area contributed by atoms with Crippen molar-refractivity contribution in [3.63, 3.8) is 0 Å². The Morgan fingerprint density at radius 1 is 1.24 bits per heavy atom. The van der Waals surface area contributed by atoms with Crippen LogP contribution in [0.15, 0.2) is 48.7 Å². The zero-order valence-corrected chi connectivity index (χ0v) is 16.5. The van der Waals surface area contributed by atoms with Gasteiger partial charge in [0.2, 0.25) is 0 Å². The summed E-state index contributed by atoms with van der Waals surface area (Å²) in [5, 5.41) is 7.55. The highest BCUT2D eigenvalue weighted by Crippen LogP contribution is 2.34. The molecule has 1 aliphatic heterocycles. The van der Waals surface area contributed by atoms with Crippen LogP contribution >= 0.6 is 0 Å². The van der Waals surface area contributed by atoms with Crippen LogP contribution in [0.5, 0.6) is 5.75 Å². The molecule has 1 atom stereocenters. The fourth-order valence-corrected chi connectivity index (χ4v) is 3.64. The number of hydrogen-bond donors (Lipinski definition) is 3. The molecular weight excluding hydrogens is 366 g/mol. The molecule has 0 saturated heterocycles. The van der Waals surface area contributed by atoms with Gasteiger partial charge in [0.05, 0.1) is 17.8 Å². The maximum absolute atomic E-state index is 12.8. The number of ether oxygens (including phenoxy) is 2. The van der Waals surface area contributed by atoms with Crippen molar-refractivity contribution in [3.05, 3.63) is 54.2 Å². The van der Waals surface area contributed by atoms with Crippen LogP contribution in [-0.4, -0.2) is 36.3 Å². The third kappa shape index (κ3) is 3.93. The Hall–Kier alpha value is -2.99. The lowest BCUT2D eigenvalue weighted by molar-refractivity contribution is 0.0667. The van der Waals surface area contributed by atoms with E-state index in [9.17, 15) is 4.79 Å². The predicted molar refractivity (Wildman–Crippen MR) is 114 cm³/mol. The average molecular weight is 391 g/mol. The van der Waals surface area contributed by atoms with Gasteiger partial charge in [-0.05, 0) is 68.1 Å². The van der Waals surface area contributed by atoms with Gasteiger partial charge in [-0.25, -0.2) is 0 Å². The molecule has 6 nitrogen and oxygen atoms in total. The maximum atomic E-state index is 12.8. The van der Waals surface area contributed by atoms with E-state index >= 15 is 0 Å². The van der Waals surface area contributed by atoms with E-state index in [-0.39, 0.29) is 11.4 Å². The first kappa shape index (κ1) is 18.1. The van der Waals surface area contributed by atoms with Gasteiger partial charge in [-0.15, -0.1) is 0 Å². The molecule has 1 unspecified atom stereocenters. The largest absolute Gasteiger partial charge is 0.489 e. The van der Waals surface area contributed by atoms with Gasteiger partial charge < -0.3 is 25.1 Å². The first-order valence-corrected chi connectivity index (χ1v) is 10.1. The van der Waals surface area contributed by atoms with Crippen LogP contribution in [0, 0.1) is 5.92 Å². The Morgan fingerprint density at radius 3 is 3.00 bits per heavy atom. The van der Waals surface area contributed by atoms with Crippen molar-refractivity contribution in [2.75, 3.05) is 30.5 Å². The van der Waals surface area contributed by atoms with E-state index in [0.717, 1.165) is 40.6 Å². The third-order valence-corrected chi connectivity index (χ3v) is 5.51. The molecule has 3 N–H and O–H groups in total. The smallest absolute Gasteiger partial charge is 0.255 e. The average Bonchev–Trinajstić information content (AvgIpc) is 3.41. The van der Waals surface area contributed by atoms with Gasteiger partial charge in [0.1, 0.15) is 12.4 Å². The van der Waals surface area contributed by atoms with Gasteiger partial charge in [0.25, 0.3) is 5.91 Å². The minimum absolute atomic E-state index is 0.151. The number of aromatic amines is 1. The number of carbonyl (C=O) groups excluding carboxylic acids is 1. The number of nitrogens with one attached hydrogen (secondary N) is 3. The summed E-state index contributed by atoms with van der Waals surface area (Å²) in [5.41, 5.74) is 2.90. The first-order chi connectivity index (χ1) is 14.1. The van der Waals surface area contributed by atoms with Gasteiger partial charge in [-0.2, -0.15) is 0 Å². The molecule has 29 heavy (non-hydrogen) atoms. The van der Waals surface area contributed by atoms with Crippen LogP contribution in [0.2, 0.25) is 0 Å². The first-order valence-electron chi connectivity index (χ1n) is 10.1. The molecule has 0 bridgehead atoms. The van der Waals surface area contributed by atoms with E-state index in [1.807, 2.05) is 42.6 Å². The molecule has 6 heteroatoms. The molecule has 1 aromatic heterocycles. The van der Waals surface area contributed by atoms with Crippen LogP contribution in [0.25, 0.3) is 10.9 Å². The van der Waals surface area contributed by atoms with Crippen LogP contribution in [-0.2, 0) is 4.74 Å². The molecule has 0 spiro atoms. The quantitative estimate of drug-likeness (QED) is 0.582. The summed E-state index contributed by atoms with van der Waals surface area (Å²) in [6, 6.07) is 13.3. The molecule has 2 heterocycles. The van der Waals surface area contributed by atoms with Gasteiger partial charge in [0, 0.05) is 35.0 Å². The van der Waals surface area contributed by atoms with Gasteiger partial charge in [0.15, 0.2) is 0 Å². The van der Waals surface area contributed by atoms with Crippen LogP contribution in [0.4, 0.5) is 11.4 Å². The summed E-state index contributed by atoms with van der Waals surface area (Å²) in [6.07, 6.45) is 4.44. The van der Waals surface area contributed by atoms with Crippen molar-refractivity contribution >= 4 is 28.2 Å². The summed E-state index contributed by atoms with van der Waals surface area (Å²) < 4.78 is 11.8. The number of amides is 1. The van der Waals surface area contributed by atoms with E-state index in [1.54, 1.807) is 6.07 Å². The zero-order valence-electron chi connectivity index (χ0n) is 16.5. The molecule has 2 aliphatic rings. The Bertz CT molecular complexity index is 1060. The third-order valence-electron chi connectivity index (χ3n) is 5.51. The number of aromatic nitrogens is 1. The van der Waals surface area contributed by atoms with Crippen LogP contribution in [0.3, 0.4) is 0 Å². The second kappa shape index (κ2) is 7.12. The van der Waals surface area contributed by atoms with Crippen molar-refractivity contribution in [2.45, 2.75) is 25.3 Å². The van der Waals surface area contributed by atoms with Crippen molar-refractivity contribution in [1.82, 2.24) is 4.98 Å². The Kier molecular flexibility index (Phi) is 4.43. The number of benzene rings is 2. The number of H-pyrrole nitrogens is 1. The molecule has 1 amide bonds. The molecule has 3 aromatic rings. The number of anilines is 2. The van der Waals surface area contributed by atoms with Crippen LogP contribution < -0.4 is 15.4 Å². The fraction of sp³-hybridized carbons (Fsp3) is 0.348. The molecule has 0 radical (unpaired) electrons. The highest BCUT2D eigenvalue weighted by Gasteiger charge is 2.32. The van der Waals surface area contributed by atoms with Gasteiger partial charge in [-0.1, -0.05) is 0 Å². The van der Waals surface area contributed by atoms with E-state index < -0.39 is 0 Å². The summed E-state index contributed by atoms with van der Waals surface area (Å²) in [7, 11) is 0. The summed E-state index contributed by atoms with van der Waals surface area (Å²) >= 11 is 0. The SMILES string of the molecule is CC1(COCC2CC2)COc2ccc(C(=O)Nc3ccc4[nH]ccc4c3)cc2N1. The minimum atomic E-state index is -0.309. The summed E-state index contributed by atoms with van der Waals surface area (Å²) in [6.45, 7) is 4.02. The van der Waals surface area contributed by atoms with Gasteiger partial charge in [-0.3, -0.25) is 4.79 Å². The lowest BCUT2D eigenvalue weighted by Crippen LogP contribution is -2.48. The Balaban J connectivity index is 1.28. The number of rotatable bonds is 6. The lowest BCUT2D eigenvalue weighted by atomic mass is 10.0. The molecule has 1 aliphatic carbocycles. The van der Waals surface area contributed by atoms with E-state index in [2.05, 4.69) is 22.5 Å². The lowest BCUT2D eigenvalue weighted by Gasteiger charge is -2.36. The molecule has 2 aromatic carbocycles. The molecular formula is C23H25N3O3. The Morgan fingerprint density at radius 2 is 2.14 bits per heavy atom. The second-order valence-electron chi connectivity index (χ2n) is 8.38. The zero-order chi connectivity index (χ0) is 19.8. The predicted octanol–water partition coefficient (Wildman–Crippen LogP) is 4.41. The summed E-state index contributed by atoms with van der Waals surface area (Å²) in [5.74, 6) is 1.34. The fourth-order valence-electron chi connectivity index (χ4n) is 3.64. The second-order valence-corrected chi connectivity index (χ2v) is 8.38. The molecule has 1 fully saturated rings. The normalized spacial score (nSPS) is 20.6. The number of fused-ring (bicyclic) bond motifs is 2. The topological polar surface area (TPSA) is 75.4 Å². The Labute approximate surface area is 169 Å². The highest BCUT2D eigenvalue weighted by atomic mass is 16.5. The van der Waals surface area contributed by atoms with E-state index in [1.165, 1.54) is 12.8 Å². The molecule has 1 saturated carbocycles. The number of carbonyl (C=O) groups is 1. The van der Waals surface area contributed by atoms with Crippen molar-refractivity contribution < 1.29 is 14.3 Å². The van der Waals surface area contributed by atoms with Crippen molar-refractivity contribution in [2.24, 2.45) is 5.92 Å². The molecule has 150 valence electrons. The monoisotopic (exact) mass is 391 g/mol. The highest BCUT2D eigenvalue weighted by molar-refractivity contribution is 6.06. The van der Waals surface area contributed by atoms with E-state index in [0.29, 0.717) is 18.8 Å². The standard InChI is InChI=1S/C23H25N3O3/c1-23(13-28-12-15-2-3-15)14-29-21-7-4-17(11-20(21)26-23)22(27)25-18-5-6-19-16(10-18)8-9-24-19/h4-11,15,24,26H,2-3,12-14H2,1H3,(H,25,27).